The van der Waals surface area contributed by atoms with E-state index < -0.39 is 0 Å². The quantitative estimate of drug-likeness (QED) is 0.201. The molecule has 0 aliphatic rings. The zero-order valence-electron chi connectivity index (χ0n) is 23.8. The number of aryl methyl sites for hydroxylation is 4. The van der Waals surface area contributed by atoms with Gasteiger partial charge in [-0.15, -0.1) is 0 Å². The molecular formula is C37H50. The molecule has 0 unspecified atom stereocenters. The lowest BCUT2D eigenvalue weighted by Gasteiger charge is -1.98. The normalized spacial score (nSPS) is 9.08. The fraction of sp³-hybridized carbons (Fsp3) is 0.297. The lowest BCUT2D eigenvalue weighted by molar-refractivity contribution is 1.09. The van der Waals surface area contributed by atoms with Gasteiger partial charge in [0.05, 0.1) is 0 Å². The summed E-state index contributed by atoms with van der Waals surface area (Å²) in [6, 6.07) is 38.1. The summed E-state index contributed by atoms with van der Waals surface area (Å²) in [5, 5.41) is 5.37. The lowest BCUT2D eigenvalue weighted by atomic mass is 10.1. The third-order valence-electron chi connectivity index (χ3n) is 5.23. The largest absolute Gasteiger partial charge is 0.0776 e. The van der Waals surface area contributed by atoms with Crippen molar-refractivity contribution in [3.05, 3.63) is 131 Å². The molecule has 0 saturated heterocycles. The van der Waals surface area contributed by atoms with E-state index in [1.807, 2.05) is 0 Å². The molecule has 0 heterocycles. The highest BCUT2D eigenvalue weighted by Crippen LogP contribution is 2.17. The van der Waals surface area contributed by atoms with Gasteiger partial charge >= 0.3 is 0 Å². The van der Waals surface area contributed by atoms with E-state index >= 15 is 0 Å². The van der Waals surface area contributed by atoms with E-state index in [9.17, 15) is 0 Å². The van der Waals surface area contributed by atoms with Crippen LogP contribution in [-0.2, 0) is 0 Å². The molecule has 0 fully saturated rings. The highest BCUT2D eigenvalue weighted by atomic mass is 14.0. The van der Waals surface area contributed by atoms with Crippen LogP contribution in [0.1, 0.15) is 70.2 Å². The fourth-order valence-corrected chi connectivity index (χ4v) is 3.41. The zero-order valence-corrected chi connectivity index (χ0v) is 23.8. The first-order chi connectivity index (χ1) is 17.4. The topological polar surface area (TPSA) is 0 Å². The van der Waals surface area contributed by atoms with E-state index in [0.717, 1.165) is 0 Å². The molecule has 0 nitrogen and oxygen atoms in total. The smallest absolute Gasteiger partial charge is 0.0155 e. The summed E-state index contributed by atoms with van der Waals surface area (Å²) in [5.41, 5.74) is 5.36. The summed E-state index contributed by atoms with van der Waals surface area (Å²) in [5.74, 6) is 0. The van der Waals surface area contributed by atoms with Crippen LogP contribution < -0.4 is 0 Å². The molecule has 0 saturated carbocycles. The Labute approximate surface area is 228 Å². The first-order valence-electron chi connectivity index (χ1n) is 13.3. The van der Waals surface area contributed by atoms with Crippen LogP contribution in [0.25, 0.3) is 21.5 Å². The summed E-state index contributed by atoms with van der Waals surface area (Å²) < 4.78 is 0. The lowest BCUT2D eigenvalue weighted by Crippen LogP contribution is -1.75. The summed E-state index contributed by atoms with van der Waals surface area (Å²) in [6.07, 6.45) is 2.50. The third kappa shape index (κ3) is 12.9. The van der Waals surface area contributed by atoms with Crippen LogP contribution in [0.4, 0.5) is 0 Å². The van der Waals surface area contributed by atoms with Gasteiger partial charge in [0.1, 0.15) is 0 Å². The second-order valence-electron chi connectivity index (χ2n) is 9.16. The molecule has 0 aliphatic carbocycles. The molecule has 37 heavy (non-hydrogen) atoms. The molecule has 5 aromatic rings. The van der Waals surface area contributed by atoms with E-state index in [1.165, 1.54) is 56.6 Å². The first-order valence-corrected chi connectivity index (χ1v) is 13.3. The molecule has 0 aromatic heterocycles. The van der Waals surface area contributed by atoms with Gasteiger partial charge in [0.15, 0.2) is 0 Å². The van der Waals surface area contributed by atoms with E-state index in [0.29, 0.717) is 0 Å². The molecule has 0 atom stereocenters. The maximum atomic E-state index is 2.16. The molecule has 5 aromatic carbocycles. The Balaban J connectivity index is 0.000000474. The van der Waals surface area contributed by atoms with Gasteiger partial charge in [0.2, 0.25) is 0 Å². The second kappa shape index (κ2) is 19.8. The van der Waals surface area contributed by atoms with Crippen LogP contribution >= 0.6 is 0 Å². The van der Waals surface area contributed by atoms with Crippen molar-refractivity contribution in [3.8, 4) is 0 Å². The van der Waals surface area contributed by atoms with Crippen molar-refractivity contribution in [2.75, 3.05) is 0 Å². The monoisotopic (exact) mass is 494 g/mol. The molecule has 198 valence electrons. The van der Waals surface area contributed by atoms with Crippen molar-refractivity contribution >= 4 is 21.5 Å². The van der Waals surface area contributed by atoms with Crippen molar-refractivity contribution < 1.29 is 0 Å². The van der Waals surface area contributed by atoms with Gasteiger partial charge in [0.25, 0.3) is 0 Å². The van der Waals surface area contributed by atoms with Crippen LogP contribution in [0.3, 0.4) is 0 Å². The summed E-state index contributed by atoms with van der Waals surface area (Å²) in [7, 11) is 0. The molecule has 5 rings (SSSR count). The van der Waals surface area contributed by atoms with Crippen LogP contribution in [0.2, 0.25) is 0 Å². The van der Waals surface area contributed by atoms with Gasteiger partial charge < -0.3 is 0 Å². The molecule has 0 radical (unpaired) electrons. The summed E-state index contributed by atoms with van der Waals surface area (Å²) in [4.78, 5) is 0. The minimum absolute atomic E-state index is 0. The maximum absolute atomic E-state index is 2.16. The van der Waals surface area contributed by atoms with Crippen LogP contribution in [0.15, 0.2) is 109 Å². The average molecular weight is 495 g/mol. The van der Waals surface area contributed by atoms with Crippen molar-refractivity contribution in [2.24, 2.45) is 0 Å². The molecule has 0 heteroatoms. The number of fused-ring (bicyclic) bond motifs is 2. The van der Waals surface area contributed by atoms with E-state index in [-0.39, 0.29) is 7.43 Å². The highest BCUT2D eigenvalue weighted by Gasteiger charge is 1.93. The Kier molecular flexibility index (Phi) is 18.0. The maximum Gasteiger partial charge on any atom is -0.0155 e. The van der Waals surface area contributed by atoms with Gasteiger partial charge in [-0.25, -0.2) is 0 Å². The first kappa shape index (κ1) is 33.6. The van der Waals surface area contributed by atoms with Gasteiger partial charge in [-0.2, -0.15) is 0 Å². The van der Waals surface area contributed by atoms with Crippen molar-refractivity contribution in [2.45, 2.75) is 75.7 Å². The van der Waals surface area contributed by atoms with Gasteiger partial charge in [-0.05, 0) is 60.4 Å². The van der Waals surface area contributed by atoms with Crippen molar-refractivity contribution in [1.29, 1.82) is 0 Å². The van der Waals surface area contributed by atoms with Crippen LogP contribution in [-0.4, -0.2) is 0 Å². The molecule has 0 N–H and O–H groups in total. The number of rotatable bonds is 0. The minimum atomic E-state index is 0. The predicted octanol–water partition coefficient (Wildman–Crippen LogP) is 12.1. The molecule has 0 bridgehead atoms. The fourth-order valence-electron chi connectivity index (χ4n) is 3.41. The average Bonchev–Trinajstić information content (AvgIpc) is 2.88. The standard InChI is InChI=1S/2C11H10.C8H10.2C3H8.CH4/c2*1-9-5-4-7-10-6-2-3-8-11(9)10;1-7-3-5-8(2)6-4-7;2*1-3-2;/h2*2-8H,1H3;3-6H,1-2H3;2*3H2,1-2H3;1H4. The van der Waals surface area contributed by atoms with E-state index in [4.69, 9.17) is 0 Å². The van der Waals surface area contributed by atoms with Crippen molar-refractivity contribution in [3.63, 3.8) is 0 Å². The zero-order chi connectivity index (χ0) is 26.8. The van der Waals surface area contributed by atoms with Gasteiger partial charge in [0, 0.05) is 0 Å². The Morgan fingerprint density at radius 2 is 0.649 bits per heavy atom. The predicted molar refractivity (Wildman–Crippen MR) is 172 cm³/mol. The van der Waals surface area contributed by atoms with E-state index in [1.54, 1.807) is 0 Å². The number of hydrogen-bond acceptors (Lipinski definition) is 0. The molecule has 0 spiro atoms. The summed E-state index contributed by atoms with van der Waals surface area (Å²) in [6.45, 7) is 17.0. The SMILES string of the molecule is C.CCC.CCC.Cc1ccc(C)cc1.Cc1cccc2ccccc12.Cc1cccc2ccccc12. The number of benzene rings is 5. The van der Waals surface area contributed by atoms with Gasteiger partial charge in [-0.3, -0.25) is 0 Å². The minimum Gasteiger partial charge on any atom is -0.0776 e. The Bertz CT molecular complexity index is 1140. The molecule has 0 amide bonds. The Hall–Kier alpha value is -3.38. The molecule has 0 aliphatic heterocycles. The Morgan fingerprint density at radius 1 is 0.378 bits per heavy atom. The van der Waals surface area contributed by atoms with Gasteiger partial charge in [-0.1, -0.05) is 168 Å². The number of hydrogen-bond donors (Lipinski definition) is 0. The molecular weight excluding hydrogens is 444 g/mol. The van der Waals surface area contributed by atoms with E-state index in [2.05, 4.69) is 165 Å². The van der Waals surface area contributed by atoms with Crippen LogP contribution in [0.5, 0.6) is 0 Å². The third-order valence-corrected chi connectivity index (χ3v) is 5.23. The summed E-state index contributed by atoms with van der Waals surface area (Å²) >= 11 is 0. The van der Waals surface area contributed by atoms with Crippen LogP contribution in [0, 0.1) is 27.7 Å². The Morgan fingerprint density at radius 3 is 0.946 bits per heavy atom. The second-order valence-corrected chi connectivity index (χ2v) is 9.16. The van der Waals surface area contributed by atoms with Crippen molar-refractivity contribution in [1.82, 2.24) is 0 Å². The highest BCUT2D eigenvalue weighted by molar-refractivity contribution is 5.86.